The molecule has 1 heterocycles. The van der Waals surface area contributed by atoms with Crippen molar-refractivity contribution in [2.24, 2.45) is 11.8 Å². The van der Waals surface area contributed by atoms with E-state index < -0.39 is 0 Å². The molecule has 0 bridgehead atoms. The summed E-state index contributed by atoms with van der Waals surface area (Å²) in [6.45, 7) is 5.43. The normalized spacial score (nSPS) is 18.9. The zero-order valence-electron chi connectivity index (χ0n) is 11.9. The first kappa shape index (κ1) is 14.7. The maximum Gasteiger partial charge on any atom is 0.222 e. The quantitative estimate of drug-likeness (QED) is 0.776. The van der Waals surface area contributed by atoms with Gasteiger partial charge in [0.05, 0.1) is 0 Å². The van der Waals surface area contributed by atoms with Crippen LogP contribution in [0.25, 0.3) is 0 Å². The van der Waals surface area contributed by atoms with Crippen molar-refractivity contribution >= 4 is 11.7 Å². The van der Waals surface area contributed by atoms with Gasteiger partial charge in [-0.2, -0.15) is 0 Å². The molecule has 0 N–H and O–H groups in total. The van der Waals surface area contributed by atoms with Crippen molar-refractivity contribution < 1.29 is 14.0 Å². The van der Waals surface area contributed by atoms with Crippen LogP contribution in [0.4, 0.5) is 4.39 Å². The molecule has 0 saturated carbocycles. The highest BCUT2D eigenvalue weighted by atomic mass is 19.1. The molecule has 2 rings (SSSR count). The van der Waals surface area contributed by atoms with Crippen molar-refractivity contribution in [3.8, 4) is 0 Å². The van der Waals surface area contributed by atoms with E-state index in [0.29, 0.717) is 36.8 Å². The number of ketones is 1. The Morgan fingerprint density at radius 1 is 1.35 bits per heavy atom. The van der Waals surface area contributed by atoms with Gasteiger partial charge in [0.2, 0.25) is 5.91 Å². The van der Waals surface area contributed by atoms with E-state index in [4.69, 9.17) is 0 Å². The van der Waals surface area contributed by atoms with Crippen LogP contribution in [-0.2, 0) is 4.79 Å². The molecule has 1 unspecified atom stereocenters. The van der Waals surface area contributed by atoms with Crippen LogP contribution in [0.2, 0.25) is 0 Å². The lowest BCUT2D eigenvalue weighted by atomic mass is 9.95. The minimum Gasteiger partial charge on any atom is -0.342 e. The summed E-state index contributed by atoms with van der Waals surface area (Å²) >= 11 is 0. The number of halogens is 1. The Labute approximate surface area is 118 Å². The molecule has 1 fully saturated rings. The number of carbonyl (C=O) groups is 2. The van der Waals surface area contributed by atoms with Crippen molar-refractivity contribution in [2.75, 3.05) is 13.1 Å². The van der Waals surface area contributed by atoms with Crippen LogP contribution in [0.3, 0.4) is 0 Å². The molecule has 0 aromatic heterocycles. The summed E-state index contributed by atoms with van der Waals surface area (Å²) in [6, 6.07) is 5.53. The highest BCUT2D eigenvalue weighted by Gasteiger charge is 2.31. The molecular weight excluding hydrogens is 257 g/mol. The fourth-order valence-corrected chi connectivity index (χ4v) is 2.48. The zero-order valence-corrected chi connectivity index (χ0v) is 11.9. The van der Waals surface area contributed by atoms with Crippen molar-refractivity contribution in [1.29, 1.82) is 0 Å². The van der Waals surface area contributed by atoms with Crippen LogP contribution < -0.4 is 0 Å². The second kappa shape index (κ2) is 6.16. The molecule has 0 spiro atoms. The average Bonchev–Trinajstić information content (AvgIpc) is 2.78. The SMILES string of the molecule is CC(C)C1CC(=O)N(CCC(=O)c2ccc(F)cc2)C1. The molecule has 4 heteroatoms. The van der Waals surface area contributed by atoms with Crippen LogP contribution in [0, 0.1) is 17.7 Å². The molecule has 1 aromatic rings. The first-order valence-corrected chi connectivity index (χ1v) is 7.04. The Bertz CT molecular complexity index is 496. The van der Waals surface area contributed by atoms with Gasteiger partial charge in [-0.05, 0) is 36.1 Å². The van der Waals surface area contributed by atoms with E-state index in [1.807, 2.05) is 0 Å². The average molecular weight is 277 g/mol. The molecule has 0 radical (unpaired) electrons. The number of hydrogen-bond donors (Lipinski definition) is 0. The van der Waals surface area contributed by atoms with Gasteiger partial charge in [-0.1, -0.05) is 13.8 Å². The summed E-state index contributed by atoms with van der Waals surface area (Å²) in [5.41, 5.74) is 0.499. The number of likely N-dealkylation sites (tertiary alicyclic amines) is 1. The van der Waals surface area contributed by atoms with Gasteiger partial charge >= 0.3 is 0 Å². The Balaban J connectivity index is 1.88. The number of carbonyl (C=O) groups excluding carboxylic acids is 2. The van der Waals surface area contributed by atoms with Gasteiger partial charge < -0.3 is 4.90 Å². The largest absolute Gasteiger partial charge is 0.342 e. The number of amides is 1. The first-order valence-electron chi connectivity index (χ1n) is 7.04. The molecule has 1 aliphatic rings. The van der Waals surface area contributed by atoms with Gasteiger partial charge in [0.15, 0.2) is 5.78 Å². The Kier molecular flexibility index (Phi) is 4.53. The topological polar surface area (TPSA) is 37.4 Å². The molecule has 1 aromatic carbocycles. The molecule has 20 heavy (non-hydrogen) atoms. The standard InChI is InChI=1S/C16H20FNO2/c1-11(2)13-9-16(20)18(10-13)8-7-15(19)12-3-5-14(17)6-4-12/h3-6,11,13H,7-10H2,1-2H3. The van der Waals surface area contributed by atoms with Gasteiger partial charge in [-0.15, -0.1) is 0 Å². The van der Waals surface area contributed by atoms with Gasteiger partial charge in [0.1, 0.15) is 5.82 Å². The van der Waals surface area contributed by atoms with Gasteiger partial charge in [-0.25, -0.2) is 4.39 Å². The van der Waals surface area contributed by atoms with Crippen molar-refractivity contribution in [3.05, 3.63) is 35.6 Å². The number of Topliss-reactive ketones (excluding diaryl/α,β-unsaturated/α-hetero) is 1. The predicted molar refractivity (Wildman–Crippen MR) is 74.9 cm³/mol. The number of hydrogen-bond acceptors (Lipinski definition) is 2. The van der Waals surface area contributed by atoms with Crippen molar-refractivity contribution in [2.45, 2.75) is 26.7 Å². The molecule has 0 aliphatic carbocycles. The summed E-state index contributed by atoms with van der Waals surface area (Å²) in [5, 5.41) is 0. The van der Waals surface area contributed by atoms with Crippen molar-refractivity contribution in [1.82, 2.24) is 4.90 Å². The second-order valence-electron chi connectivity index (χ2n) is 5.73. The van der Waals surface area contributed by atoms with Crippen molar-refractivity contribution in [3.63, 3.8) is 0 Å². The van der Waals surface area contributed by atoms with E-state index in [0.717, 1.165) is 6.54 Å². The fraction of sp³-hybridized carbons (Fsp3) is 0.500. The van der Waals surface area contributed by atoms with E-state index in [2.05, 4.69) is 13.8 Å². The lowest BCUT2D eigenvalue weighted by Crippen LogP contribution is -2.28. The van der Waals surface area contributed by atoms with Crippen LogP contribution in [0.1, 0.15) is 37.0 Å². The summed E-state index contributed by atoms with van der Waals surface area (Å²) in [7, 11) is 0. The third kappa shape index (κ3) is 3.44. The van der Waals surface area contributed by atoms with E-state index in [1.165, 1.54) is 24.3 Å². The molecular formula is C16H20FNO2. The minimum absolute atomic E-state index is 0.0502. The molecule has 108 valence electrons. The summed E-state index contributed by atoms with van der Waals surface area (Å²) < 4.78 is 12.8. The van der Waals surface area contributed by atoms with E-state index >= 15 is 0 Å². The smallest absolute Gasteiger partial charge is 0.222 e. The first-order chi connectivity index (χ1) is 9.47. The molecule has 1 atom stereocenters. The Hall–Kier alpha value is -1.71. The molecule has 3 nitrogen and oxygen atoms in total. The number of benzene rings is 1. The highest BCUT2D eigenvalue weighted by molar-refractivity contribution is 5.96. The van der Waals surface area contributed by atoms with Crippen LogP contribution in [-0.4, -0.2) is 29.7 Å². The molecule has 1 aliphatic heterocycles. The maximum atomic E-state index is 12.8. The lowest BCUT2D eigenvalue weighted by molar-refractivity contribution is -0.127. The Morgan fingerprint density at radius 3 is 2.55 bits per heavy atom. The summed E-state index contributed by atoms with van der Waals surface area (Å²) in [6.07, 6.45) is 0.880. The third-order valence-electron chi connectivity index (χ3n) is 3.96. The van der Waals surface area contributed by atoms with Crippen LogP contribution in [0.5, 0.6) is 0 Å². The Morgan fingerprint density at radius 2 is 2.00 bits per heavy atom. The lowest BCUT2D eigenvalue weighted by Gasteiger charge is -2.17. The van der Waals surface area contributed by atoms with Crippen LogP contribution >= 0.6 is 0 Å². The van der Waals surface area contributed by atoms with Gasteiger partial charge in [0, 0.05) is 31.5 Å². The van der Waals surface area contributed by atoms with Crippen LogP contribution in [0.15, 0.2) is 24.3 Å². The minimum atomic E-state index is -0.351. The summed E-state index contributed by atoms with van der Waals surface area (Å²) in [4.78, 5) is 25.6. The van der Waals surface area contributed by atoms with Gasteiger partial charge in [-0.3, -0.25) is 9.59 Å². The van der Waals surface area contributed by atoms with E-state index in [9.17, 15) is 14.0 Å². The second-order valence-corrected chi connectivity index (χ2v) is 5.73. The summed E-state index contributed by atoms with van der Waals surface area (Å²) in [5.74, 6) is 0.609. The predicted octanol–water partition coefficient (Wildman–Crippen LogP) is 2.90. The number of rotatable bonds is 5. The van der Waals surface area contributed by atoms with Gasteiger partial charge in [0.25, 0.3) is 0 Å². The number of nitrogens with zero attached hydrogens (tertiary/aromatic N) is 1. The monoisotopic (exact) mass is 277 g/mol. The third-order valence-corrected chi connectivity index (χ3v) is 3.96. The zero-order chi connectivity index (χ0) is 14.7. The van der Waals surface area contributed by atoms with E-state index in [-0.39, 0.29) is 17.5 Å². The fourth-order valence-electron chi connectivity index (χ4n) is 2.48. The maximum absolute atomic E-state index is 12.8. The van der Waals surface area contributed by atoms with E-state index in [1.54, 1.807) is 4.90 Å². The highest BCUT2D eigenvalue weighted by Crippen LogP contribution is 2.24. The molecule has 1 saturated heterocycles. The molecule has 1 amide bonds.